The second kappa shape index (κ2) is 5.36. The molecule has 4 nitrogen and oxygen atoms in total. The molecule has 0 unspecified atom stereocenters. The summed E-state index contributed by atoms with van der Waals surface area (Å²) in [6.07, 6.45) is 0. The summed E-state index contributed by atoms with van der Waals surface area (Å²) < 4.78 is 32.9. The number of thiophene rings is 1. The fourth-order valence-electron chi connectivity index (χ4n) is 1.83. The Bertz CT molecular complexity index is 646. The summed E-state index contributed by atoms with van der Waals surface area (Å²) >= 11 is 1.49. The molecule has 0 saturated carbocycles. The molecule has 0 spiro atoms. The molecular formula is C12H15NO3S2. The first-order valence-corrected chi connectivity index (χ1v) is 7.83. The summed E-state index contributed by atoms with van der Waals surface area (Å²) in [6.45, 7) is 2.47. The van der Waals surface area contributed by atoms with E-state index in [1.165, 1.54) is 11.3 Å². The standard InChI is InChI=1S/C12H15NO3S2/c1-9-12(18(14,15)13-7-8-16-2)10-5-3-4-6-11(10)17-9/h3-6,13H,7-8H2,1-2H3. The Morgan fingerprint density at radius 2 is 2.06 bits per heavy atom. The number of aryl methyl sites for hydroxylation is 1. The minimum absolute atomic E-state index is 0.280. The summed E-state index contributed by atoms with van der Waals surface area (Å²) in [5, 5.41) is 0.782. The van der Waals surface area contributed by atoms with Gasteiger partial charge in [0.25, 0.3) is 0 Å². The van der Waals surface area contributed by atoms with Gasteiger partial charge in [0.2, 0.25) is 10.0 Å². The van der Waals surface area contributed by atoms with Crippen molar-refractivity contribution in [3.05, 3.63) is 29.1 Å². The fraction of sp³-hybridized carbons (Fsp3) is 0.333. The van der Waals surface area contributed by atoms with Crippen LogP contribution in [0.25, 0.3) is 10.1 Å². The monoisotopic (exact) mass is 285 g/mol. The van der Waals surface area contributed by atoms with E-state index < -0.39 is 10.0 Å². The van der Waals surface area contributed by atoms with Crippen LogP contribution in [0.5, 0.6) is 0 Å². The van der Waals surface area contributed by atoms with Crippen molar-refractivity contribution < 1.29 is 13.2 Å². The molecule has 0 aliphatic rings. The average Bonchev–Trinajstić information content (AvgIpc) is 2.65. The molecule has 0 aliphatic carbocycles. The first-order chi connectivity index (χ1) is 8.56. The van der Waals surface area contributed by atoms with Gasteiger partial charge < -0.3 is 4.74 Å². The van der Waals surface area contributed by atoms with Crippen LogP contribution in [0.4, 0.5) is 0 Å². The number of hydrogen-bond donors (Lipinski definition) is 1. The lowest BCUT2D eigenvalue weighted by Gasteiger charge is -2.06. The molecule has 0 amide bonds. The lowest BCUT2D eigenvalue weighted by molar-refractivity contribution is 0.204. The third kappa shape index (κ3) is 2.56. The van der Waals surface area contributed by atoms with Crippen molar-refractivity contribution in [2.24, 2.45) is 0 Å². The molecule has 18 heavy (non-hydrogen) atoms. The maximum Gasteiger partial charge on any atom is 0.242 e. The van der Waals surface area contributed by atoms with Crippen molar-refractivity contribution in [1.82, 2.24) is 4.72 Å². The molecule has 0 radical (unpaired) electrons. The Balaban J connectivity index is 2.43. The fourth-order valence-corrected chi connectivity index (χ4v) is 4.65. The van der Waals surface area contributed by atoms with E-state index in [4.69, 9.17) is 4.74 Å². The van der Waals surface area contributed by atoms with E-state index in [9.17, 15) is 8.42 Å². The predicted molar refractivity (Wildman–Crippen MR) is 73.6 cm³/mol. The van der Waals surface area contributed by atoms with E-state index in [0.29, 0.717) is 11.5 Å². The Hall–Kier alpha value is -0.950. The number of hydrogen-bond acceptors (Lipinski definition) is 4. The number of nitrogens with one attached hydrogen (secondary N) is 1. The molecule has 0 fully saturated rings. The SMILES string of the molecule is COCCNS(=O)(=O)c1c(C)sc2ccccc12. The lowest BCUT2D eigenvalue weighted by Crippen LogP contribution is -2.27. The molecule has 1 heterocycles. The van der Waals surface area contributed by atoms with Gasteiger partial charge in [-0.3, -0.25) is 0 Å². The largest absolute Gasteiger partial charge is 0.383 e. The minimum Gasteiger partial charge on any atom is -0.383 e. The van der Waals surface area contributed by atoms with Crippen LogP contribution in [0.15, 0.2) is 29.2 Å². The number of sulfonamides is 1. The Morgan fingerprint density at radius 1 is 1.33 bits per heavy atom. The van der Waals surface area contributed by atoms with Crippen molar-refractivity contribution in [3.63, 3.8) is 0 Å². The molecular weight excluding hydrogens is 270 g/mol. The van der Waals surface area contributed by atoms with Gasteiger partial charge in [-0.15, -0.1) is 11.3 Å². The maximum atomic E-state index is 12.2. The normalized spacial score (nSPS) is 12.1. The Morgan fingerprint density at radius 3 is 2.78 bits per heavy atom. The molecule has 2 rings (SSSR count). The van der Waals surface area contributed by atoms with Crippen LogP contribution in [0.2, 0.25) is 0 Å². The van der Waals surface area contributed by atoms with E-state index in [1.54, 1.807) is 7.11 Å². The van der Waals surface area contributed by atoms with Crippen LogP contribution in [0.1, 0.15) is 4.88 Å². The molecule has 0 atom stereocenters. The topological polar surface area (TPSA) is 55.4 Å². The second-order valence-electron chi connectivity index (χ2n) is 3.87. The number of methoxy groups -OCH3 is 1. The van der Waals surface area contributed by atoms with Crippen LogP contribution in [-0.4, -0.2) is 28.7 Å². The zero-order chi connectivity index (χ0) is 13.2. The van der Waals surface area contributed by atoms with E-state index in [-0.39, 0.29) is 6.54 Å². The van der Waals surface area contributed by atoms with Crippen molar-refractivity contribution in [3.8, 4) is 0 Å². The van der Waals surface area contributed by atoms with Crippen molar-refractivity contribution in [2.75, 3.05) is 20.3 Å². The van der Waals surface area contributed by atoms with Crippen LogP contribution >= 0.6 is 11.3 Å². The summed E-state index contributed by atoms with van der Waals surface area (Å²) in [6, 6.07) is 7.53. The molecule has 6 heteroatoms. The van der Waals surface area contributed by atoms with Crippen LogP contribution in [0.3, 0.4) is 0 Å². The van der Waals surface area contributed by atoms with Crippen molar-refractivity contribution in [2.45, 2.75) is 11.8 Å². The molecule has 1 aromatic heterocycles. The predicted octanol–water partition coefficient (Wildman–Crippen LogP) is 2.13. The van der Waals surface area contributed by atoms with Gasteiger partial charge in [0.1, 0.15) is 4.90 Å². The molecule has 1 N–H and O–H groups in total. The summed E-state index contributed by atoms with van der Waals surface area (Å²) in [7, 11) is -1.92. The van der Waals surface area contributed by atoms with Crippen LogP contribution in [0, 0.1) is 6.92 Å². The van der Waals surface area contributed by atoms with Crippen LogP contribution in [-0.2, 0) is 14.8 Å². The van der Waals surface area contributed by atoms with Gasteiger partial charge in [-0.25, -0.2) is 13.1 Å². The smallest absolute Gasteiger partial charge is 0.242 e. The summed E-state index contributed by atoms with van der Waals surface area (Å²) in [5.74, 6) is 0. The lowest BCUT2D eigenvalue weighted by atomic mass is 10.2. The Kier molecular flexibility index (Phi) is 4.01. The molecule has 0 bridgehead atoms. The highest BCUT2D eigenvalue weighted by Gasteiger charge is 2.21. The highest BCUT2D eigenvalue weighted by Crippen LogP contribution is 2.33. The molecule has 0 saturated heterocycles. The zero-order valence-corrected chi connectivity index (χ0v) is 11.9. The average molecular weight is 285 g/mol. The molecule has 98 valence electrons. The first-order valence-electron chi connectivity index (χ1n) is 5.53. The van der Waals surface area contributed by atoms with E-state index in [0.717, 1.165) is 15.0 Å². The number of benzene rings is 1. The van der Waals surface area contributed by atoms with E-state index in [1.807, 2.05) is 31.2 Å². The highest BCUT2D eigenvalue weighted by atomic mass is 32.2. The molecule has 2 aromatic rings. The van der Waals surface area contributed by atoms with Gasteiger partial charge in [-0.05, 0) is 13.0 Å². The van der Waals surface area contributed by atoms with E-state index >= 15 is 0 Å². The van der Waals surface area contributed by atoms with Crippen molar-refractivity contribution >= 4 is 31.4 Å². The summed E-state index contributed by atoms with van der Waals surface area (Å²) in [5.41, 5.74) is 0. The number of ether oxygens (including phenoxy) is 1. The van der Waals surface area contributed by atoms with Gasteiger partial charge in [-0.1, -0.05) is 18.2 Å². The van der Waals surface area contributed by atoms with Gasteiger partial charge in [0, 0.05) is 28.6 Å². The third-order valence-electron chi connectivity index (χ3n) is 2.58. The first kappa shape index (κ1) is 13.5. The number of rotatable bonds is 5. The van der Waals surface area contributed by atoms with Crippen LogP contribution < -0.4 is 4.72 Å². The van der Waals surface area contributed by atoms with Gasteiger partial charge in [0.05, 0.1) is 6.61 Å². The molecule has 0 aliphatic heterocycles. The highest BCUT2D eigenvalue weighted by molar-refractivity contribution is 7.90. The zero-order valence-electron chi connectivity index (χ0n) is 10.3. The van der Waals surface area contributed by atoms with E-state index in [2.05, 4.69) is 4.72 Å². The summed E-state index contributed by atoms with van der Waals surface area (Å²) in [4.78, 5) is 1.19. The third-order valence-corrected chi connectivity index (χ3v) is 5.44. The van der Waals surface area contributed by atoms with Gasteiger partial charge in [-0.2, -0.15) is 0 Å². The Labute approximate surface area is 111 Å². The molecule has 1 aromatic carbocycles. The van der Waals surface area contributed by atoms with Crippen molar-refractivity contribution in [1.29, 1.82) is 0 Å². The maximum absolute atomic E-state index is 12.2. The number of fused-ring (bicyclic) bond motifs is 1. The minimum atomic E-state index is -3.47. The van der Waals surface area contributed by atoms with Gasteiger partial charge in [0.15, 0.2) is 0 Å². The van der Waals surface area contributed by atoms with Gasteiger partial charge >= 0.3 is 0 Å². The quantitative estimate of drug-likeness (QED) is 0.856. The second-order valence-corrected chi connectivity index (χ2v) is 6.83.